The Labute approximate surface area is 106 Å². The van der Waals surface area contributed by atoms with Crippen molar-refractivity contribution in [2.75, 3.05) is 18.0 Å². The molecule has 1 aromatic rings. The molecule has 0 unspecified atom stereocenters. The van der Waals surface area contributed by atoms with Crippen molar-refractivity contribution >= 4 is 27.3 Å². The smallest absolute Gasteiger partial charge is 0.214 e. The average molecular weight is 275 g/mol. The highest BCUT2D eigenvalue weighted by Gasteiger charge is 2.26. The molecule has 0 bridgehead atoms. The Kier molecular flexibility index (Phi) is 3.61. The summed E-state index contributed by atoms with van der Waals surface area (Å²) < 4.78 is 25.1. The summed E-state index contributed by atoms with van der Waals surface area (Å²) in [4.78, 5) is 0. The molecule has 1 fully saturated rings. The van der Waals surface area contributed by atoms with E-state index in [1.807, 2.05) is 0 Å². The third-order valence-electron chi connectivity index (χ3n) is 2.88. The van der Waals surface area contributed by atoms with Gasteiger partial charge in [0, 0.05) is 23.8 Å². The van der Waals surface area contributed by atoms with Gasteiger partial charge in [0.25, 0.3) is 0 Å². The molecule has 0 atom stereocenters. The number of nitrogens with two attached hydrogens (primary N) is 1. The summed E-state index contributed by atoms with van der Waals surface area (Å²) in [6, 6.07) is 5.16. The normalized spacial score (nSPS) is 20.3. The number of halogens is 1. The van der Waals surface area contributed by atoms with Crippen molar-refractivity contribution in [2.45, 2.75) is 19.4 Å². The van der Waals surface area contributed by atoms with Gasteiger partial charge in [-0.1, -0.05) is 17.7 Å². The number of anilines is 1. The first-order valence-corrected chi connectivity index (χ1v) is 7.49. The molecule has 1 aliphatic heterocycles. The molecular formula is C11H15ClN2O2S. The molecule has 0 amide bonds. The topological polar surface area (TPSA) is 63.4 Å². The number of hydrogen-bond acceptors (Lipinski definition) is 3. The lowest BCUT2D eigenvalue weighted by Crippen LogP contribution is -2.37. The highest BCUT2D eigenvalue weighted by atomic mass is 35.5. The van der Waals surface area contributed by atoms with E-state index < -0.39 is 10.0 Å². The quantitative estimate of drug-likeness (QED) is 0.837. The molecule has 0 spiro atoms. The Morgan fingerprint density at radius 2 is 2.12 bits per heavy atom. The zero-order valence-electron chi connectivity index (χ0n) is 9.39. The van der Waals surface area contributed by atoms with Crippen LogP contribution >= 0.6 is 11.6 Å². The van der Waals surface area contributed by atoms with E-state index in [0.29, 0.717) is 23.8 Å². The number of nitrogens with zero attached hydrogens (tertiary/aromatic N) is 1. The van der Waals surface area contributed by atoms with E-state index in [-0.39, 0.29) is 5.75 Å². The summed E-state index contributed by atoms with van der Waals surface area (Å²) in [5, 5.41) is 0.519. The second kappa shape index (κ2) is 4.84. The minimum absolute atomic E-state index is 0.236. The fraction of sp³-hybridized carbons (Fsp3) is 0.455. The Morgan fingerprint density at radius 1 is 1.35 bits per heavy atom. The van der Waals surface area contributed by atoms with Gasteiger partial charge in [0.15, 0.2) is 0 Å². The Hall–Kier alpha value is -0.780. The van der Waals surface area contributed by atoms with Crippen LogP contribution in [0.5, 0.6) is 0 Å². The first kappa shape index (κ1) is 12.7. The van der Waals surface area contributed by atoms with Crippen LogP contribution in [0.4, 0.5) is 5.69 Å². The maximum atomic E-state index is 11.8. The Balaban J connectivity index is 2.20. The zero-order valence-corrected chi connectivity index (χ0v) is 11.0. The molecule has 1 aliphatic rings. The van der Waals surface area contributed by atoms with Crippen LogP contribution in [0.1, 0.15) is 18.4 Å². The van der Waals surface area contributed by atoms with Crippen molar-refractivity contribution < 1.29 is 8.42 Å². The Bertz CT molecular complexity index is 516. The van der Waals surface area contributed by atoms with Crippen LogP contribution in [0.25, 0.3) is 0 Å². The van der Waals surface area contributed by atoms with Crippen LogP contribution in [0, 0.1) is 0 Å². The summed E-state index contributed by atoms with van der Waals surface area (Å²) in [6.07, 6.45) is 1.65. The van der Waals surface area contributed by atoms with E-state index in [9.17, 15) is 8.42 Å². The van der Waals surface area contributed by atoms with Crippen LogP contribution in [0.3, 0.4) is 0 Å². The van der Waals surface area contributed by atoms with Gasteiger partial charge < -0.3 is 5.73 Å². The predicted molar refractivity (Wildman–Crippen MR) is 69.3 cm³/mol. The van der Waals surface area contributed by atoms with Crippen molar-refractivity contribution in [3.63, 3.8) is 0 Å². The molecule has 2 rings (SSSR count). The van der Waals surface area contributed by atoms with Crippen molar-refractivity contribution in [2.24, 2.45) is 0 Å². The summed E-state index contributed by atoms with van der Waals surface area (Å²) in [5.41, 5.74) is 6.98. The largest absolute Gasteiger partial charge is 0.399 e. The van der Waals surface area contributed by atoms with Crippen molar-refractivity contribution in [1.29, 1.82) is 0 Å². The van der Waals surface area contributed by atoms with Gasteiger partial charge in [0.05, 0.1) is 5.75 Å². The van der Waals surface area contributed by atoms with E-state index in [2.05, 4.69) is 0 Å². The third kappa shape index (κ3) is 2.91. The van der Waals surface area contributed by atoms with Gasteiger partial charge in [-0.15, -0.1) is 0 Å². The molecule has 1 heterocycles. The van der Waals surface area contributed by atoms with Crippen LogP contribution in [0.2, 0.25) is 5.02 Å². The number of rotatable bonds is 2. The standard InChI is InChI=1S/C11H15ClN2O2S/c12-11-7-10(13)4-3-9(11)8-14-5-1-2-6-17(14,15)16/h3-4,7H,1-2,5-6,8,13H2. The van der Waals surface area contributed by atoms with Crippen LogP contribution < -0.4 is 5.73 Å². The van der Waals surface area contributed by atoms with Gasteiger partial charge in [-0.25, -0.2) is 8.42 Å². The molecule has 1 saturated heterocycles. The van der Waals surface area contributed by atoms with Crippen molar-refractivity contribution in [1.82, 2.24) is 4.31 Å². The van der Waals surface area contributed by atoms with Crippen LogP contribution in [-0.4, -0.2) is 25.0 Å². The van der Waals surface area contributed by atoms with E-state index >= 15 is 0 Å². The molecule has 0 radical (unpaired) electrons. The number of hydrogen-bond donors (Lipinski definition) is 1. The maximum Gasteiger partial charge on any atom is 0.214 e. The maximum absolute atomic E-state index is 11.8. The van der Waals surface area contributed by atoms with Gasteiger partial charge >= 0.3 is 0 Å². The molecule has 2 N–H and O–H groups in total. The fourth-order valence-electron chi connectivity index (χ4n) is 1.90. The van der Waals surface area contributed by atoms with Crippen LogP contribution in [0.15, 0.2) is 18.2 Å². The Morgan fingerprint density at radius 3 is 2.76 bits per heavy atom. The SMILES string of the molecule is Nc1ccc(CN2CCCCS2(=O)=O)c(Cl)c1. The minimum Gasteiger partial charge on any atom is -0.399 e. The molecular weight excluding hydrogens is 260 g/mol. The van der Waals surface area contributed by atoms with E-state index in [4.69, 9.17) is 17.3 Å². The van der Waals surface area contributed by atoms with E-state index in [1.54, 1.807) is 18.2 Å². The summed E-state index contributed by atoms with van der Waals surface area (Å²) in [7, 11) is -3.11. The second-order valence-corrected chi connectivity index (χ2v) is 6.70. The van der Waals surface area contributed by atoms with Gasteiger partial charge in [-0.05, 0) is 30.5 Å². The van der Waals surface area contributed by atoms with Gasteiger partial charge in [0.2, 0.25) is 10.0 Å². The molecule has 17 heavy (non-hydrogen) atoms. The molecule has 0 saturated carbocycles. The van der Waals surface area contributed by atoms with Gasteiger partial charge in [-0.2, -0.15) is 4.31 Å². The first-order chi connectivity index (χ1) is 7.99. The third-order valence-corrected chi connectivity index (χ3v) is 5.13. The van der Waals surface area contributed by atoms with Gasteiger partial charge in [0.1, 0.15) is 0 Å². The minimum atomic E-state index is -3.11. The average Bonchev–Trinajstić information content (AvgIpc) is 2.24. The predicted octanol–water partition coefficient (Wildman–Crippen LogP) is 1.85. The highest BCUT2D eigenvalue weighted by Crippen LogP contribution is 2.23. The summed E-state index contributed by atoms with van der Waals surface area (Å²) >= 11 is 6.04. The van der Waals surface area contributed by atoms with E-state index in [0.717, 1.165) is 18.4 Å². The molecule has 6 heteroatoms. The number of nitrogen functional groups attached to an aromatic ring is 1. The van der Waals surface area contributed by atoms with Gasteiger partial charge in [-0.3, -0.25) is 0 Å². The fourth-order valence-corrected chi connectivity index (χ4v) is 3.72. The highest BCUT2D eigenvalue weighted by molar-refractivity contribution is 7.89. The zero-order chi connectivity index (χ0) is 12.5. The summed E-state index contributed by atoms with van der Waals surface area (Å²) in [5.74, 6) is 0.236. The molecule has 0 aliphatic carbocycles. The molecule has 1 aromatic carbocycles. The van der Waals surface area contributed by atoms with Crippen LogP contribution in [-0.2, 0) is 16.6 Å². The van der Waals surface area contributed by atoms with Crippen molar-refractivity contribution in [3.05, 3.63) is 28.8 Å². The number of benzene rings is 1. The lowest BCUT2D eigenvalue weighted by atomic mass is 10.2. The second-order valence-electron chi connectivity index (χ2n) is 4.21. The monoisotopic (exact) mass is 274 g/mol. The van der Waals surface area contributed by atoms with E-state index in [1.165, 1.54) is 4.31 Å². The molecule has 4 nitrogen and oxygen atoms in total. The first-order valence-electron chi connectivity index (χ1n) is 5.51. The van der Waals surface area contributed by atoms with Crippen molar-refractivity contribution in [3.8, 4) is 0 Å². The summed E-state index contributed by atoms with van der Waals surface area (Å²) in [6.45, 7) is 0.907. The lowest BCUT2D eigenvalue weighted by Gasteiger charge is -2.26. The lowest BCUT2D eigenvalue weighted by molar-refractivity contribution is 0.378. The number of sulfonamides is 1. The molecule has 94 valence electrons. The molecule has 0 aromatic heterocycles.